The van der Waals surface area contributed by atoms with Crippen molar-refractivity contribution in [2.24, 2.45) is 0 Å². The molecule has 1 aliphatic heterocycles. The lowest BCUT2D eigenvalue weighted by atomic mass is 10.2. The van der Waals surface area contributed by atoms with Crippen LogP contribution in [0.15, 0.2) is 49.1 Å². The van der Waals surface area contributed by atoms with E-state index < -0.39 is 0 Å². The Bertz CT molecular complexity index is 362. The van der Waals surface area contributed by atoms with Gasteiger partial charge in [-0.2, -0.15) is 0 Å². The molecule has 0 aliphatic carbocycles. The summed E-state index contributed by atoms with van der Waals surface area (Å²) in [4.78, 5) is 1.93. The van der Waals surface area contributed by atoms with Crippen LogP contribution >= 0.6 is 0 Å². The van der Waals surface area contributed by atoms with Gasteiger partial charge >= 0.3 is 0 Å². The van der Waals surface area contributed by atoms with E-state index in [4.69, 9.17) is 0 Å². The summed E-state index contributed by atoms with van der Waals surface area (Å²) in [6, 6.07) is 8.21. The Hall–Kier alpha value is -1.90. The first-order valence-electron chi connectivity index (χ1n) is 4.45. The Morgan fingerprint density at radius 2 is 1.50 bits per heavy atom. The van der Waals surface area contributed by atoms with Crippen LogP contribution in [0.1, 0.15) is 5.56 Å². The van der Waals surface area contributed by atoms with E-state index in [1.165, 1.54) is 5.56 Å². The maximum Gasteiger partial charge on any atom is 0.123 e. The zero-order valence-corrected chi connectivity index (χ0v) is 8.17. The number of anilines is 1. The van der Waals surface area contributed by atoms with Crippen molar-refractivity contribution in [3.8, 4) is 0 Å². The molecule has 2 N–H and O–H groups in total. The van der Waals surface area contributed by atoms with Gasteiger partial charge in [0.2, 0.25) is 0 Å². The second-order valence-electron chi connectivity index (χ2n) is 3.31. The van der Waals surface area contributed by atoms with Crippen LogP contribution in [0.3, 0.4) is 0 Å². The molecule has 1 fully saturated rings. The van der Waals surface area contributed by atoms with Crippen molar-refractivity contribution >= 4 is 5.69 Å². The van der Waals surface area contributed by atoms with E-state index in [2.05, 4.69) is 43.1 Å². The molecule has 0 bridgehead atoms. The summed E-state index contributed by atoms with van der Waals surface area (Å²) >= 11 is 0. The number of aryl methyl sites for hydroxylation is 1. The number of hydrazine groups is 1. The highest BCUT2D eigenvalue weighted by Crippen LogP contribution is 2.23. The molecule has 72 valence electrons. The Balaban J connectivity index is 2.34. The molecule has 3 heteroatoms. The van der Waals surface area contributed by atoms with E-state index in [0.717, 1.165) is 17.3 Å². The normalized spacial score (nSPS) is 15.4. The van der Waals surface area contributed by atoms with E-state index in [1.807, 2.05) is 17.0 Å². The summed E-state index contributed by atoms with van der Waals surface area (Å²) in [5, 5.41) is 0. The fraction of sp³-hybridized carbons (Fsp3) is 0.0909. The third-order valence-electron chi connectivity index (χ3n) is 2.18. The van der Waals surface area contributed by atoms with Crippen molar-refractivity contribution in [3.05, 3.63) is 54.6 Å². The number of rotatable bonds is 1. The standard InChI is InChI=1S/C11H13N3/c1-8-4-6-11(7-5-8)14-9(2)12-13-10(14)3/h4-7,12-13H,2-3H2,1H3. The zero-order valence-electron chi connectivity index (χ0n) is 8.17. The van der Waals surface area contributed by atoms with Gasteiger partial charge in [-0.25, -0.2) is 0 Å². The molecule has 0 aromatic heterocycles. The van der Waals surface area contributed by atoms with Gasteiger partial charge in [-0.3, -0.25) is 15.8 Å². The smallest absolute Gasteiger partial charge is 0.123 e. The molecular formula is C11H13N3. The highest BCUT2D eigenvalue weighted by Gasteiger charge is 2.19. The second kappa shape index (κ2) is 3.10. The SMILES string of the molecule is C=C1NNC(=C)N1c1ccc(C)cc1. The van der Waals surface area contributed by atoms with E-state index in [1.54, 1.807) is 0 Å². The third-order valence-corrected chi connectivity index (χ3v) is 2.18. The van der Waals surface area contributed by atoms with Crippen LogP contribution in [0.4, 0.5) is 5.69 Å². The topological polar surface area (TPSA) is 27.3 Å². The molecule has 14 heavy (non-hydrogen) atoms. The predicted octanol–water partition coefficient (Wildman–Crippen LogP) is 1.85. The van der Waals surface area contributed by atoms with Crippen molar-refractivity contribution in [2.45, 2.75) is 6.92 Å². The number of nitrogens with zero attached hydrogens (tertiary/aromatic N) is 1. The molecule has 0 unspecified atom stereocenters. The fourth-order valence-corrected chi connectivity index (χ4v) is 1.42. The minimum Gasteiger partial charge on any atom is -0.285 e. The maximum absolute atomic E-state index is 3.88. The van der Waals surface area contributed by atoms with Gasteiger partial charge in [0.25, 0.3) is 0 Å². The van der Waals surface area contributed by atoms with Crippen LogP contribution in [0.5, 0.6) is 0 Å². The summed E-state index contributed by atoms with van der Waals surface area (Å²) in [5.41, 5.74) is 8.13. The van der Waals surface area contributed by atoms with Crippen LogP contribution < -0.4 is 15.8 Å². The molecular weight excluding hydrogens is 174 g/mol. The maximum atomic E-state index is 3.88. The molecule has 1 aromatic rings. The summed E-state index contributed by atoms with van der Waals surface area (Å²) in [5.74, 6) is 1.58. The zero-order chi connectivity index (χ0) is 10.1. The molecule has 0 saturated carbocycles. The van der Waals surface area contributed by atoms with Crippen molar-refractivity contribution in [1.29, 1.82) is 0 Å². The van der Waals surface area contributed by atoms with Crippen LogP contribution in [0.2, 0.25) is 0 Å². The first kappa shape index (κ1) is 8.69. The van der Waals surface area contributed by atoms with Gasteiger partial charge in [0.1, 0.15) is 11.6 Å². The quantitative estimate of drug-likeness (QED) is 0.702. The summed E-state index contributed by atoms with van der Waals surface area (Å²) < 4.78 is 0. The number of nitrogens with one attached hydrogen (secondary N) is 2. The van der Waals surface area contributed by atoms with Gasteiger partial charge < -0.3 is 0 Å². The van der Waals surface area contributed by atoms with Crippen molar-refractivity contribution in [2.75, 3.05) is 4.90 Å². The van der Waals surface area contributed by atoms with Gasteiger partial charge in [-0.15, -0.1) is 0 Å². The average Bonchev–Trinajstić information content (AvgIpc) is 2.49. The van der Waals surface area contributed by atoms with Crippen molar-refractivity contribution < 1.29 is 0 Å². The summed E-state index contributed by atoms with van der Waals surface area (Å²) in [7, 11) is 0. The largest absolute Gasteiger partial charge is 0.285 e. The minimum atomic E-state index is 0.791. The molecule has 1 aromatic carbocycles. The summed E-state index contributed by atoms with van der Waals surface area (Å²) in [6.45, 7) is 9.82. The lowest BCUT2D eigenvalue weighted by Gasteiger charge is -2.17. The van der Waals surface area contributed by atoms with Gasteiger partial charge in [0.15, 0.2) is 0 Å². The summed E-state index contributed by atoms with van der Waals surface area (Å²) in [6.07, 6.45) is 0. The fourth-order valence-electron chi connectivity index (χ4n) is 1.42. The lowest BCUT2D eigenvalue weighted by Crippen LogP contribution is -2.18. The molecule has 1 aliphatic rings. The van der Waals surface area contributed by atoms with Gasteiger partial charge in [-0.05, 0) is 19.1 Å². The second-order valence-corrected chi connectivity index (χ2v) is 3.31. The first-order valence-corrected chi connectivity index (χ1v) is 4.45. The Morgan fingerprint density at radius 3 is 2.00 bits per heavy atom. The molecule has 1 heterocycles. The van der Waals surface area contributed by atoms with E-state index in [0.29, 0.717) is 0 Å². The van der Waals surface area contributed by atoms with Gasteiger partial charge in [-0.1, -0.05) is 30.9 Å². The van der Waals surface area contributed by atoms with Crippen LogP contribution in [0, 0.1) is 6.92 Å². The number of benzene rings is 1. The predicted molar refractivity (Wildman–Crippen MR) is 58.2 cm³/mol. The van der Waals surface area contributed by atoms with Crippen LogP contribution in [-0.2, 0) is 0 Å². The highest BCUT2D eigenvalue weighted by molar-refractivity contribution is 5.58. The molecule has 0 atom stereocenters. The molecule has 1 saturated heterocycles. The van der Waals surface area contributed by atoms with Crippen LogP contribution in [0.25, 0.3) is 0 Å². The highest BCUT2D eigenvalue weighted by atomic mass is 15.6. The van der Waals surface area contributed by atoms with Crippen LogP contribution in [-0.4, -0.2) is 0 Å². The van der Waals surface area contributed by atoms with Gasteiger partial charge in [0.05, 0.1) is 0 Å². The minimum absolute atomic E-state index is 0.791. The first-order chi connectivity index (χ1) is 6.68. The Labute approximate surface area is 83.7 Å². The van der Waals surface area contributed by atoms with E-state index in [-0.39, 0.29) is 0 Å². The molecule has 0 amide bonds. The molecule has 2 rings (SSSR count). The monoisotopic (exact) mass is 187 g/mol. The lowest BCUT2D eigenvalue weighted by molar-refractivity contribution is 0.781. The van der Waals surface area contributed by atoms with E-state index in [9.17, 15) is 0 Å². The van der Waals surface area contributed by atoms with Crippen molar-refractivity contribution in [1.82, 2.24) is 10.9 Å². The van der Waals surface area contributed by atoms with E-state index >= 15 is 0 Å². The molecule has 0 radical (unpaired) electrons. The number of hydrogen-bond donors (Lipinski definition) is 2. The average molecular weight is 187 g/mol. The Kier molecular flexibility index (Phi) is 1.93. The molecule has 3 nitrogen and oxygen atoms in total. The van der Waals surface area contributed by atoms with Gasteiger partial charge in [0, 0.05) is 5.69 Å². The molecule has 0 spiro atoms. The van der Waals surface area contributed by atoms with Crippen molar-refractivity contribution in [3.63, 3.8) is 0 Å². The number of hydrogen-bond acceptors (Lipinski definition) is 3. The Morgan fingerprint density at radius 1 is 1.00 bits per heavy atom. The third kappa shape index (κ3) is 1.33.